The monoisotopic (exact) mass is 1700 g/mol. The van der Waals surface area contributed by atoms with Gasteiger partial charge in [0.25, 0.3) is 5.91 Å². The van der Waals surface area contributed by atoms with E-state index in [1.54, 1.807) is 32.3 Å². The van der Waals surface area contributed by atoms with E-state index in [0.717, 1.165) is 22.3 Å². The molecule has 4 rings (SSSR count). The van der Waals surface area contributed by atoms with Crippen molar-refractivity contribution in [3.8, 4) is 5.75 Å². The number of aliphatic carboxylic acids is 1. The Bertz CT molecular complexity index is 2950. The van der Waals surface area contributed by atoms with Gasteiger partial charge in [0.1, 0.15) is 21.9 Å². The van der Waals surface area contributed by atoms with E-state index in [1.807, 2.05) is 19.1 Å². The smallest absolute Gasteiger partial charge is 0.303 e. The quantitative estimate of drug-likeness (QED) is 0.0538. The van der Waals surface area contributed by atoms with Crippen LogP contribution in [0.2, 0.25) is 0 Å². The molecule has 3 unspecified atom stereocenters. The van der Waals surface area contributed by atoms with E-state index in [0.29, 0.717) is 333 Å². The Balaban J connectivity index is 0.811. The number of hydrogen-bond acceptors (Lipinski definition) is 32. The maximum atomic E-state index is 13.5. The Kier molecular flexibility index (Phi) is 64.5. The minimum Gasteiger partial charge on any atom is -0.744 e. The van der Waals surface area contributed by atoms with Crippen molar-refractivity contribution >= 4 is 46.0 Å². The number of ether oxygens (including phenoxy) is 25. The highest BCUT2D eigenvalue weighted by Gasteiger charge is 2.41. The summed E-state index contributed by atoms with van der Waals surface area (Å²) in [5, 5.41) is 17.1. The third kappa shape index (κ3) is 54.0. The van der Waals surface area contributed by atoms with Crippen LogP contribution in [0.3, 0.4) is 0 Å². The molecule has 0 aromatic heterocycles. The molecule has 674 valence electrons. The van der Waals surface area contributed by atoms with Gasteiger partial charge < -0.3 is 144 Å². The second kappa shape index (κ2) is 72.4. The molecule has 3 aliphatic carbocycles. The predicted molar refractivity (Wildman–Crippen MR) is 425 cm³/mol. The summed E-state index contributed by atoms with van der Waals surface area (Å²) in [5.74, 6) is -3.16. The third-order valence-electron chi connectivity index (χ3n) is 17.2. The van der Waals surface area contributed by atoms with Gasteiger partial charge in [-0.3, -0.25) is 19.2 Å². The summed E-state index contributed by atoms with van der Waals surface area (Å²) in [6, 6.07) is 0.676. The fraction of sp³-hybridized carbons (Fsp3) is 0.775. The Labute approximate surface area is 690 Å². The Morgan fingerprint density at radius 2 is 0.752 bits per heavy atom. The maximum absolute atomic E-state index is 13.5. The first-order valence-electron chi connectivity index (χ1n) is 40.7. The molecular weight excluding hydrogens is 1560 g/mol. The molecule has 117 heavy (non-hydrogen) atoms. The van der Waals surface area contributed by atoms with Gasteiger partial charge in [-0.2, -0.15) is 0 Å². The van der Waals surface area contributed by atoms with Gasteiger partial charge in [-0.15, -0.1) is 0 Å². The number of rotatable bonds is 87. The Morgan fingerprint density at radius 3 is 1.09 bits per heavy atom. The van der Waals surface area contributed by atoms with Crippen LogP contribution in [0, 0.1) is 12.8 Å². The molecule has 37 heteroatoms. The van der Waals surface area contributed by atoms with E-state index in [4.69, 9.17) is 124 Å². The fourth-order valence-electron chi connectivity index (χ4n) is 11.3. The topological polar surface area (TPSA) is 413 Å². The Morgan fingerprint density at radius 1 is 0.410 bits per heavy atom. The number of benzene rings is 1. The van der Waals surface area contributed by atoms with Crippen LogP contribution in [0.1, 0.15) is 73.6 Å². The maximum Gasteiger partial charge on any atom is 0.303 e. The standard InChI is InChI=1S/C80H135N3O33S/c1-66-63-73(70-10-11-71-74(117(89,90)91)64-67(2)69-9-8-68(66)78(70)79(69)71)116-65-76(85)83-72(12-13-75(84)81-14-6-4-5-7-77(86)87)80(88)82-15-16-93-19-20-95-23-24-97-27-28-99-31-32-101-35-36-103-39-40-105-43-44-107-47-48-109-51-52-111-55-56-113-59-60-115-62-61-114-58-57-112-54-53-110-50-49-108-46-45-106-42-41-104-38-37-102-34-33-100-30-29-98-26-25-96-22-21-94-18-17-92-3/h8-11,63-64,71-72,79H,4-7,12-62,65H2,1-3H3,(H,81,84)(H,82,88)(H,83,85)(H,86,87)(H,89,90,91)/p-1. The third-order valence-corrected chi connectivity index (χ3v) is 18.1. The van der Waals surface area contributed by atoms with E-state index in [9.17, 15) is 32.1 Å². The number of allylic oxidation sites excluding steroid dienone is 6. The highest BCUT2D eigenvalue weighted by atomic mass is 32.2. The molecule has 36 nitrogen and oxygen atoms in total. The van der Waals surface area contributed by atoms with Crippen molar-refractivity contribution in [3.05, 3.63) is 62.6 Å². The second-order valence-corrected chi connectivity index (χ2v) is 27.5. The minimum absolute atomic E-state index is 0.0299. The molecule has 0 saturated heterocycles. The molecule has 1 aromatic carbocycles. The zero-order valence-electron chi connectivity index (χ0n) is 69.2. The lowest BCUT2D eigenvalue weighted by atomic mass is 9.67. The van der Waals surface area contributed by atoms with Crippen molar-refractivity contribution in [1.29, 1.82) is 0 Å². The molecule has 4 N–H and O–H groups in total. The van der Waals surface area contributed by atoms with Crippen LogP contribution in [0.15, 0.2) is 40.3 Å². The SMILES string of the molecule is COCCOCCOCCOCCOCCOCCOCCOCCOCCOCCOCCOCCOCCOCCOCCOCCOCCOCCOCCOCCOCCOCCOCCOCCNC(=O)C(CCC(=O)NCCCCCC(=O)O)NC(=O)COc1cc(C)c2c3c1C=CC1C(S(=O)(=O)[O-])=CC(C)=C(C=C2)C31. The lowest BCUT2D eigenvalue weighted by Gasteiger charge is -2.40. The van der Waals surface area contributed by atoms with Crippen LogP contribution in [-0.4, -0.2) is 385 Å². The van der Waals surface area contributed by atoms with Gasteiger partial charge in [0, 0.05) is 55.3 Å². The number of unbranched alkanes of at least 4 members (excludes halogenated alkanes) is 2. The molecule has 0 aliphatic heterocycles. The van der Waals surface area contributed by atoms with Crippen LogP contribution in [0.5, 0.6) is 5.75 Å². The number of carbonyl (C=O) groups excluding carboxylic acids is 3. The van der Waals surface area contributed by atoms with Gasteiger partial charge >= 0.3 is 5.97 Å². The summed E-state index contributed by atoms with van der Waals surface area (Å²) >= 11 is 0. The highest BCUT2D eigenvalue weighted by molar-refractivity contribution is 7.89. The fourth-order valence-corrected chi connectivity index (χ4v) is 12.2. The van der Waals surface area contributed by atoms with Crippen molar-refractivity contribution in [1.82, 2.24) is 16.0 Å². The molecule has 0 radical (unpaired) electrons. The van der Waals surface area contributed by atoms with Crippen molar-refractivity contribution in [3.63, 3.8) is 0 Å². The lowest BCUT2D eigenvalue weighted by molar-refractivity contribution is -0.137. The number of carboxylic acid groups (broad SMARTS) is 1. The van der Waals surface area contributed by atoms with E-state index in [-0.39, 0.29) is 56.4 Å². The van der Waals surface area contributed by atoms with Crippen LogP contribution in [0.4, 0.5) is 0 Å². The van der Waals surface area contributed by atoms with Gasteiger partial charge in [-0.05, 0) is 73.1 Å². The van der Waals surface area contributed by atoms with Crippen molar-refractivity contribution < 1.29 is 156 Å². The van der Waals surface area contributed by atoms with Crippen LogP contribution < -0.4 is 20.7 Å². The summed E-state index contributed by atoms with van der Waals surface area (Å²) < 4.78 is 175. The second-order valence-electron chi connectivity index (χ2n) is 26.1. The van der Waals surface area contributed by atoms with Crippen LogP contribution in [-0.2, 0) is 143 Å². The molecule has 0 spiro atoms. The van der Waals surface area contributed by atoms with Gasteiger partial charge in [0.05, 0.1) is 311 Å². The molecule has 0 saturated carbocycles. The van der Waals surface area contributed by atoms with Crippen molar-refractivity contribution in [2.75, 3.05) is 337 Å². The average Bonchev–Trinajstić information content (AvgIpc) is 0.718. The molecule has 3 aliphatic rings. The number of nitrogens with one attached hydrogen (secondary N) is 3. The van der Waals surface area contributed by atoms with Crippen molar-refractivity contribution in [2.24, 2.45) is 5.92 Å². The number of carboxylic acids is 1. The Hall–Kier alpha value is -5.19. The largest absolute Gasteiger partial charge is 0.744 e. The predicted octanol–water partition coefficient (Wildman–Crippen LogP) is 3.06. The first kappa shape index (κ1) is 104. The molecular formula is C80H134N3O33S-. The van der Waals surface area contributed by atoms with Crippen LogP contribution >= 0.6 is 0 Å². The zero-order chi connectivity index (χ0) is 83.8. The summed E-state index contributed by atoms with van der Waals surface area (Å²) in [4.78, 5) is 50.4. The number of carbonyl (C=O) groups is 4. The number of aryl methyl sites for hydroxylation is 1. The van der Waals surface area contributed by atoms with E-state index in [2.05, 4.69) is 16.0 Å². The molecule has 1 aromatic rings. The van der Waals surface area contributed by atoms with Gasteiger partial charge in [-0.25, -0.2) is 8.42 Å². The summed E-state index contributed by atoms with van der Waals surface area (Å²) in [6.45, 7) is 24.7. The molecule has 3 amide bonds. The molecule has 3 atom stereocenters. The normalized spacial score (nSPS) is 14.5. The molecule has 0 bridgehead atoms. The van der Waals surface area contributed by atoms with E-state index < -0.39 is 52.4 Å². The number of methoxy groups -OCH3 is 1. The first-order chi connectivity index (χ1) is 57.3. The summed E-state index contributed by atoms with van der Waals surface area (Å²) in [7, 11) is -3.11. The number of amides is 3. The molecule has 0 heterocycles. The summed E-state index contributed by atoms with van der Waals surface area (Å²) in [5.41, 5.74) is 4.69. The van der Waals surface area contributed by atoms with Gasteiger partial charge in [0.2, 0.25) is 11.8 Å². The number of hydrogen-bond donors (Lipinski definition) is 4. The zero-order valence-corrected chi connectivity index (χ0v) is 70.0. The highest BCUT2D eigenvalue weighted by Crippen LogP contribution is 2.54. The van der Waals surface area contributed by atoms with Gasteiger partial charge in [0.15, 0.2) is 6.61 Å². The van der Waals surface area contributed by atoms with Gasteiger partial charge in [-0.1, -0.05) is 30.7 Å². The van der Waals surface area contributed by atoms with Crippen LogP contribution in [0.25, 0.3) is 12.2 Å². The molecule has 0 fully saturated rings. The minimum atomic E-state index is -4.75. The van der Waals surface area contributed by atoms with E-state index in [1.165, 1.54) is 6.08 Å². The van der Waals surface area contributed by atoms with Crippen molar-refractivity contribution in [2.45, 2.75) is 64.3 Å². The summed E-state index contributed by atoms with van der Waals surface area (Å²) in [6.07, 6.45) is 10.4. The first-order valence-corrected chi connectivity index (χ1v) is 42.1. The lowest BCUT2D eigenvalue weighted by Crippen LogP contribution is -2.49. The van der Waals surface area contributed by atoms with E-state index >= 15 is 0 Å². The average molecular weight is 1700 g/mol.